The van der Waals surface area contributed by atoms with Crippen LogP contribution >= 0.6 is 0 Å². The van der Waals surface area contributed by atoms with Gasteiger partial charge in [-0.3, -0.25) is 0 Å². The average molecular weight is 192 g/mol. The van der Waals surface area contributed by atoms with E-state index < -0.39 is 0 Å². The molecular formula is C12H26B2. The minimum absolute atomic E-state index is 0.586. The molecule has 0 nitrogen and oxygen atoms in total. The van der Waals surface area contributed by atoms with Gasteiger partial charge >= 0.3 is 0 Å². The van der Waals surface area contributed by atoms with Crippen molar-refractivity contribution in [1.82, 2.24) is 0 Å². The van der Waals surface area contributed by atoms with Gasteiger partial charge in [-0.2, -0.15) is 0 Å². The Morgan fingerprint density at radius 1 is 1.21 bits per heavy atom. The van der Waals surface area contributed by atoms with Crippen molar-refractivity contribution in [2.24, 2.45) is 23.7 Å². The van der Waals surface area contributed by atoms with Gasteiger partial charge in [-0.25, -0.2) is 0 Å². The molecule has 0 aromatic rings. The van der Waals surface area contributed by atoms with Gasteiger partial charge in [0.1, 0.15) is 0 Å². The Morgan fingerprint density at radius 2 is 1.79 bits per heavy atom. The van der Waals surface area contributed by atoms with Crippen molar-refractivity contribution in [3.8, 4) is 0 Å². The summed E-state index contributed by atoms with van der Waals surface area (Å²) in [6, 6.07) is 0. The van der Waals surface area contributed by atoms with Gasteiger partial charge in [0.05, 0.1) is 15.7 Å². The molecule has 1 rings (SSSR count). The summed E-state index contributed by atoms with van der Waals surface area (Å²) in [5, 5.41) is 0.586. The van der Waals surface area contributed by atoms with Crippen LogP contribution in [0, 0.1) is 23.7 Å². The lowest BCUT2D eigenvalue weighted by Gasteiger charge is -2.34. The zero-order valence-electron chi connectivity index (χ0n) is 10.9. The fourth-order valence-corrected chi connectivity index (χ4v) is 2.74. The van der Waals surface area contributed by atoms with Gasteiger partial charge < -0.3 is 0 Å². The van der Waals surface area contributed by atoms with Gasteiger partial charge in [0.15, 0.2) is 0 Å². The van der Waals surface area contributed by atoms with Crippen molar-refractivity contribution in [3.05, 3.63) is 0 Å². The summed E-state index contributed by atoms with van der Waals surface area (Å²) in [6.07, 6.45) is 4.35. The lowest BCUT2D eigenvalue weighted by Crippen LogP contribution is -2.26. The standard InChI is InChI=1S/C12H26B2/c1-8(2)9(3)7-11-6-5-10(4)12(11,13)14/h8-11H,5-7,13-14H2,1-4H3. The predicted molar refractivity (Wildman–Crippen MR) is 70.3 cm³/mol. The normalized spacial score (nSPS) is 33.5. The number of rotatable bonds is 3. The van der Waals surface area contributed by atoms with Gasteiger partial charge in [0, 0.05) is 0 Å². The zero-order chi connectivity index (χ0) is 10.9. The smallest absolute Gasteiger partial charge is 0.0793 e. The molecule has 1 fully saturated rings. The zero-order valence-corrected chi connectivity index (χ0v) is 10.9. The lowest BCUT2D eigenvalue weighted by molar-refractivity contribution is 0.305. The highest BCUT2D eigenvalue weighted by molar-refractivity contribution is 6.40. The van der Waals surface area contributed by atoms with E-state index in [4.69, 9.17) is 0 Å². The Morgan fingerprint density at radius 3 is 2.14 bits per heavy atom. The first-order valence-corrected chi connectivity index (χ1v) is 6.35. The van der Waals surface area contributed by atoms with Crippen LogP contribution in [0.3, 0.4) is 0 Å². The topological polar surface area (TPSA) is 0 Å². The Hall–Kier alpha value is 0.130. The van der Waals surface area contributed by atoms with Crippen molar-refractivity contribution < 1.29 is 0 Å². The summed E-state index contributed by atoms with van der Waals surface area (Å²) in [5.41, 5.74) is 0. The fraction of sp³-hybridized carbons (Fsp3) is 1.00. The van der Waals surface area contributed by atoms with Gasteiger partial charge in [0.2, 0.25) is 0 Å². The minimum atomic E-state index is 0.586. The average Bonchev–Trinajstić information content (AvgIpc) is 2.31. The van der Waals surface area contributed by atoms with Crippen molar-refractivity contribution in [1.29, 1.82) is 0 Å². The molecule has 1 aliphatic rings. The van der Waals surface area contributed by atoms with E-state index in [1.807, 2.05) is 0 Å². The second kappa shape index (κ2) is 4.33. The first-order chi connectivity index (χ1) is 6.35. The maximum Gasteiger partial charge on any atom is 0.0999 e. The first kappa shape index (κ1) is 12.2. The van der Waals surface area contributed by atoms with E-state index in [-0.39, 0.29) is 0 Å². The molecule has 0 bridgehead atoms. The summed E-state index contributed by atoms with van der Waals surface area (Å²) in [7, 11) is 4.95. The molecule has 0 amide bonds. The van der Waals surface area contributed by atoms with E-state index in [0.29, 0.717) is 5.21 Å². The second-order valence-electron chi connectivity index (χ2n) is 6.45. The molecule has 0 saturated heterocycles. The molecule has 1 aliphatic carbocycles. The van der Waals surface area contributed by atoms with Crippen LogP contribution in [0.5, 0.6) is 0 Å². The SMILES string of the molecule is BC1(B)C(C)CCC1CC(C)C(C)C. The van der Waals surface area contributed by atoms with E-state index in [9.17, 15) is 0 Å². The van der Waals surface area contributed by atoms with E-state index in [1.54, 1.807) is 0 Å². The third-order valence-electron chi connectivity index (χ3n) is 5.06. The van der Waals surface area contributed by atoms with Gasteiger partial charge in [-0.1, -0.05) is 51.7 Å². The Bertz CT molecular complexity index is 187. The third-order valence-corrected chi connectivity index (χ3v) is 5.06. The molecule has 0 aliphatic heterocycles. The molecule has 80 valence electrons. The molecule has 0 spiro atoms. The Labute approximate surface area is 92.1 Å². The maximum absolute atomic E-state index is 2.47. The highest BCUT2D eigenvalue weighted by Crippen LogP contribution is 2.51. The lowest BCUT2D eigenvalue weighted by atomic mass is 9.45. The monoisotopic (exact) mass is 192 g/mol. The van der Waals surface area contributed by atoms with Gasteiger partial charge in [0.25, 0.3) is 0 Å². The second-order valence-corrected chi connectivity index (χ2v) is 6.45. The molecule has 0 heterocycles. The third kappa shape index (κ3) is 2.38. The van der Waals surface area contributed by atoms with Crippen LogP contribution in [0.1, 0.15) is 47.0 Å². The first-order valence-electron chi connectivity index (χ1n) is 6.35. The van der Waals surface area contributed by atoms with E-state index in [0.717, 1.165) is 23.7 Å². The van der Waals surface area contributed by atoms with Crippen LogP contribution in [0.25, 0.3) is 0 Å². The molecule has 1 saturated carbocycles. The van der Waals surface area contributed by atoms with Crippen molar-refractivity contribution in [2.45, 2.75) is 52.2 Å². The van der Waals surface area contributed by atoms with Crippen LogP contribution in [0.15, 0.2) is 0 Å². The van der Waals surface area contributed by atoms with Crippen molar-refractivity contribution in [2.75, 3.05) is 0 Å². The number of hydrogen-bond donors (Lipinski definition) is 0. The highest BCUT2D eigenvalue weighted by Gasteiger charge is 2.40. The molecule has 3 unspecified atom stereocenters. The predicted octanol–water partition coefficient (Wildman–Crippen LogP) is 2.10. The van der Waals surface area contributed by atoms with E-state index >= 15 is 0 Å². The molecule has 0 aromatic heterocycles. The Kier molecular flexibility index (Phi) is 3.77. The van der Waals surface area contributed by atoms with E-state index in [2.05, 4.69) is 43.4 Å². The van der Waals surface area contributed by atoms with Crippen LogP contribution in [-0.4, -0.2) is 15.7 Å². The summed E-state index contributed by atoms with van der Waals surface area (Å²) in [6.45, 7) is 9.57. The van der Waals surface area contributed by atoms with Crippen LogP contribution in [0.2, 0.25) is 5.21 Å². The highest BCUT2D eigenvalue weighted by atomic mass is 14.4. The van der Waals surface area contributed by atoms with E-state index in [1.165, 1.54) is 19.3 Å². The molecule has 0 radical (unpaired) electrons. The molecule has 3 atom stereocenters. The van der Waals surface area contributed by atoms with Gasteiger partial charge in [-0.15, -0.1) is 0 Å². The number of hydrogen-bond acceptors (Lipinski definition) is 0. The van der Waals surface area contributed by atoms with Crippen molar-refractivity contribution >= 4 is 15.7 Å². The summed E-state index contributed by atoms with van der Waals surface area (Å²) in [4.78, 5) is 0. The summed E-state index contributed by atoms with van der Waals surface area (Å²) >= 11 is 0. The maximum atomic E-state index is 2.47. The van der Waals surface area contributed by atoms with Crippen LogP contribution in [-0.2, 0) is 0 Å². The molecular weight excluding hydrogens is 166 g/mol. The van der Waals surface area contributed by atoms with Crippen molar-refractivity contribution in [3.63, 3.8) is 0 Å². The van der Waals surface area contributed by atoms with Crippen LogP contribution in [0.4, 0.5) is 0 Å². The fourth-order valence-electron chi connectivity index (χ4n) is 2.74. The minimum Gasteiger partial charge on any atom is -0.0793 e. The molecule has 0 aromatic carbocycles. The van der Waals surface area contributed by atoms with Gasteiger partial charge in [-0.05, 0) is 24.2 Å². The quantitative estimate of drug-likeness (QED) is 0.600. The summed E-state index contributed by atoms with van der Waals surface area (Å²) < 4.78 is 0. The molecule has 0 N–H and O–H groups in total. The molecule has 2 heteroatoms. The van der Waals surface area contributed by atoms with Crippen LogP contribution < -0.4 is 0 Å². The molecule has 14 heavy (non-hydrogen) atoms. The Balaban J connectivity index is 2.54. The summed E-state index contributed by atoms with van der Waals surface area (Å²) in [5.74, 6) is 3.63. The largest absolute Gasteiger partial charge is 0.0999 e.